The highest BCUT2D eigenvalue weighted by atomic mass is 16.5. The molecule has 1 unspecified atom stereocenters. The summed E-state index contributed by atoms with van der Waals surface area (Å²) in [4.78, 5) is 0. The Morgan fingerprint density at radius 2 is 1.88 bits per heavy atom. The number of nitrogens with two attached hydrogens (primary N) is 1. The number of benzene rings is 2. The third kappa shape index (κ3) is 3.91. The monoisotopic (exact) mass is 335 g/mol. The normalized spacial score (nSPS) is 12.1. The Kier molecular flexibility index (Phi) is 5.51. The van der Waals surface area contributed by atoms with Gasteiger partial charge in [0.25, 0.3) is 0 Å². The van der Waals surface area contributed by atoms with Crippen molar-refractivity contribution < 1.29 is 4.74 Å². The molecule has 2 N–H and O–H groups in total. The summed E-state index contributed by atoms with van der Waals surface area (Å²) in [5.74, 6) is 0.951. The summed E-state index contributed by atoms with van der Waals surface area (Å²) >= 11 is 0. The Hall–Kier alpha value is -2.59. The van der Waals surface area contributed by atoms with Crippen molar-refractivity contribution >= 4 is 0 Å². The summed E-state index contributed by atoms with van der Waals surface area (Å²) in [6, 6.07) is 20.5. The number of nitrogens with zero attached hydrogens (tertiary/aromatic N) is 2. The van der Waals surface area contributed by atoms with Gasteiger partial charge in [0.05, 0.1) is 23.7 Å². The van der Waals surface area contributed by atoms with E-state index in [1.807, 2.05) is 41.9 Å². The largest absolute Gasteiger partial charge is 0.494 e. The van der Waals surface area contributed by atoms with E-state index in [0.717, 1.165) is 41.4 Å². The maximum atomic E-state index is 6.16. The van der Waals surface area contributed by atoms with Gasteiger partial charge in [0, 0.05) is 12.5 Å². The van der Waals surface area contributed by atoms with Crippen LogP contribution in [-0.2, 0) is 0 Å². The van der Waals surface area contributed by atoms with Gasteiger partial charge in [0.1, 0.15) is 5.75 Å². The van der Waals surface area contributed by atoms with Crippen molar-refractivity contribution in [2.45, 2.75) is 26.2 Å². The Bertz CT molecular complexity index is 811. The summed E-state index contributed by atoms with van der Waals surface area (Å²) < 4.78 is 7.78. The highest BCUT2D eigenvalue weighted by molar-refractivity contribution is 5.40. The van der Waals surface area contributed by atoms with Crippen LogP contribution in [0.3, 0.4) is 0 Å². The molecule has 3 aromatic rings. The minimum Gasteiger partial charge on any atom is -0.494 e. The standard InChI is InChI=1S/C21H25N3O/c1-3-12-25-19-11-7-8-17(14-19)20(15-22)21-13-16(2)23-24(21)18-9-5-4-6-10-18/h4-11,13-14,20H,3,12,15,22H2,1-2H3. The second-order valence-corrected chi connectivity index (χ2v) is 6.17. The highest BCUT2D eigenvalue weighted by Gasteiger charge is 2.19. The van der Waals surface area contributed by atoms with Crippen molar-refractivity contribution in [2.24, 2.45) is 5.73 Å². The summed E-state index contributed by atoms with van der Waals surface area (Å²) in [6.45, 7) is 5.35. The molecule has 0 aliphatic heterocycles. The van der Waals surface area contributed by atoms with Crippen LogP contribution in [0.5, 0.6) is 5.75 Å². The fraction of sp³-hybridized carbons (Fsp3) is 0.286. The lowest BCUT2D eigenvalue weighted by Gasteiger charge is -2.18. The number of rotatable bonds is 7. The molecular formula is C21H25N3O. The Morgan fingerprint density at radius 1 is 1.08 bits per heavy atom. The summed E-state index contributed by atoms with van der Waals surface area (Å²) in [6.07, 6.45) is 0.991. The van der Waals surface area contributed by atoms with Crippen molar-refractivity contribution in [3.05, 3.63) is 77.6 Å². The van der Waals surface area contributed by atoms with Gasteiger partial charge in [-0.1, -0.05) is 37.3 Å². The summed E-state index contributed by atoms with van der Waals surface area (Å²) in [5.41, 5.74) is 10.4. The molecule has 3 rings (SSSR count). The van der Waals surface area contributed by atoms with Gasteiger partial charge < -0.3 is 10.5 Å². The molecule has 0 saturated heterocycles. The third-order valence-corrected chi connectivity index (χ3v) is 4.19. The molecule has 0 aliphatic carbocycles. The number of aromatic nitrogens is 2. The molecule has 1 heterocycles. The van der Waals surface area contributed by atoms with Gasteiger partial charge in [-0.3, -0.25) is 0 Å². The first-order valence-electron chi connectivity index (χ1n) is 8.77. The van der Waals surface area contributed by atoms with E-state index in [2.05, 4.69) is 42.4 Å². The zero-order chi connectivity index (χ0) is 17.6. The smallest absolute Gasteiger partial charge is 0.119 e. The second kappa shape index (κ2) is 7.99. The van der Waals surface area contributed by atoms with Crippen LogP contribution in [0.25, 0.3) is 5.69 Å². The van der Waals surface area contributed by atoms with E-state index in [1.165, 1.54) is 0 Å². The lowest BCUT2D eigenvalue weighted by atomic mass is 9.95. The fourth-order valence-electron chi connectivity index (χ4n) is 3.01. The number of hydrogen-bond donors (Lipinski definition) is 1. The molecule has 2 aromatic carbocycles. The summed E-state index contributed by atoms with van der Waals surface area (Å²) in [7, 11) is 0. The zero-order valence-electron chi connectivity index (χ0n) is 14.9. The molecule has 0 amide bonds. The van der Waals surface area contributed by atoms with E-state index in [-0.39, 0.29) is 5.92 Å². The third-order valence-electron chi connectivity index (χ3n) is 4.19. The Labute approximate surface area is 149 Å². The van der Waals surface area contributed by atoms with E-state index in [4.69, 9.17) is 10.5 Å². The van der Waals surface area contributed by atoms with E-state index in [1.54, 1.807) is 0 Å². The molecule has 0 saturated carbocycles. The Balaban J connectivity index is 2.00. The van der Waals surface area contributed by atoms with E-state index in [9.17, 15) is 0 Å². The van der Waals surface area contributed by atoms with Crippen LogP contribution in [0.4, 0.5) is 0 Å². The highest BCUT2D eigenvalue weighted by Crippen LogP contribution is 2.29. The van der Waals surface area contributed by atoms with Gasteiger partial charge in [0.15, 0.2) is 0 Å². The predicted molar refractivity (Wildman–Crippen MR) is 101 cm³/mol. The van der Waals surface area contributed by atoms with E-state index < -0.39 is 0 Å². The summed E-state index contributed by atoms with van der Waals surface area (Å²) in [5, 5.41) is 4.68. The quantitative estimate of drug-likeness (QED) is 0.708. The van der Waals surface area contributed by atoms with Crippen LogP contribution >= 0.6 is 0 Å². The van der Waals surface area contributed by atoms with Crippen molar-refractivity contribution in [3.8, 4) is 11.4 Å². The van der Waals surface area contributed by atoms with Crippen LogP contribution in [0, 0.1) is 6.92 Å². The molecule has 1 atom stereocenters. The van der Waals surface area contributed by atoms with E-state index in [0.29, 0.717) is 6.54 Å². The zero-order valence-corrected chi connectivity index (χ0v) is 14.9. The number of para-hydroxylation sites is 1. The van der Waals surface area contributed by atoms with Crippen LogP contribution in [-0.4, -0.2) is 22.9 Å². The molecule has 1 aromatic heterocycles. The van der Waals surface area contributed by atoms with Gasteiger partial charge in [0.2, 0.25) is 0 Å². The van der Waals surface area contributed by atoms with Crippen LogP contribution in [0.15, 0.2) is 60.7 Å². The predicted octanol–water partition coefficient (Wildman–Crippen LogP) is 4.06. The minimum absolute atomic E-state index is 0.0617. The first kappa shape index (κ1) is 17.2. The molecule has 0 fully saturated rings. The maximum Gasteiger partial charge on any atom is 0.119 e. The van der Waals surface area contributed by atoms with Crippen molar-refractivity contribution in [2.75, 3.05) is 13.2 Å². The lowest BCUT2D eigenvalue weighted by molar-refractivity contribution is 0.317. The topological polar surface area (TPSA) is 53.1 Å². The lowest BCUT2D eigenvalue weighted by Crippen LogP contribution is -2.17. The van der Waals surface area contributed by atoms with Crippen molar-refractivity contribution in [1.29, 1.82) is 0 Å². The molecular weight excluding hydrogens is 310 g/mol. The van der Waals surface area contributed by atoms with Crippen LogP contribution in [0.2, 0.25) is 0 Å². The molecule has 0 spiro atoms. The molecule has 130 valence electrons. The number of ether oxygens (including phenoxy) is 1. The first-order chi connectivity index (χ1) is 12.2. The van der Waals surface area contributed by atoms with Crippen molar-refractivity contribution in [3.63, 3.8) is 0 Å². The number of hydrogen-bond acceptors (Lipinski definition) is 3. The average molecular weight is 335 g/mol. The first-order valence-corrected chi connectivity index (χ1v) is 8.77. The minimum atomic E-state index is 0.0617. The van der Waals surface area contributed by atoms with Gasteiger partial charge >= 0.3 is 0 Å². The van der Waals surface area contributed by atoms with Crippen LogP contribution < -0.4 is 10.5 Å². The molecule has 0 bridgehead atoms. The van der Waals surface area contributed by atoms with Crippen LogP contribution in [0.1, 0.15) is 36.2 Å². The van der Waals surface area contributed by atoms with Gasteiger partial charge in [-0.05, 0) is 49.2 Å². The average Bonchev–Trinajstić information content (AvgIpc) is 3.03. The molecule has 4 heteroatoms. The Morgan fingerprint density at radius 3 is 2.60 bits per heavy atom. The molecule has 4 nitrogen and oxygen atoms in total. The maximum absolute atomic E-state index is 6.16. The SMILES string of the molecule is CCCOc1cccc(C(CN)c2cc(C)nn2-c2ccccc2)c1. The van der Waals surface area contributed by atoms with Gasteiger partial charge in [-0.15, -0.1) is 0 Å². The molecule has 0 aliphatic rings. The van der Waals surface area contributed by atoms with Crippen molar-refractivity contribution in [1.82, 2.24) is 9.78 Å². The second-order valence-electron chi connectivity index (χ2n) is 6.17. The molecule has 25 heavy (non-hydrogen) atoms. The number of aryl methyl sites for hydroxylation is 1. The fourth-order valence-corrected chi connectivity index (χ4v) is 3.01. The molecule has 0 radical (unpaired) electrons. The van der Waals surface area contributed by atoms with E-state index >= 15 is 0 Å². The van der Waals surface area contributed by atoms with Gasteiger partial charge in [-0.2, -0.15) is 5.10 Å². The van der Waals surface area contributed by atoms with Gasteiger partial charge in [-0.25, -0.2) is 4.68 Å².